The van der Waals surface area contributed by atoms with Gasteiger partial charge in [-0.3, -0.25) is 9.69 Å². The molecule has 1 amide bonds. The van der Waals surface area contributed by atoms with Crippen molar-refractivity contribution in [2.24, 2.45) is 0 Å². The summed E-state index contributed by atoms with van der Waals surface area (Å²) in [6.45, 7) is 5.41. The quantitative estimate of drug-likeness (QED) is 0.750. The van der Waals surface area contributed by atoms with Crippen molar-refractivity contribution < 1.29 is 19.4 Å². The molecule has 1 N–H and O–H groups in total. The summed E-state index contributed by atoms with van der Waals surface area (Å²) in [7, 11) is 2.09. The Morgan fingerprint density at radius 2 is 2.00 bits per heavy atom. The van der Waals surface area contributed by atoms with Crippen LogP contribution in [-0.4, -0.2) is 103 Å². The number of aliphatic hydroxyl groups excluding tert-OH is 1. The van der Waals surface area contributed by atoms with Crippen LogP contribution in [0.15, 0.2) is 24.3 Å². The van der Waals surface area contributed by atoms with Crippen molar-refractivity contribution in [3.63, 3.8) is 0 Å². The number of rotatable bonds is 4. The van der Waals surface area contributed by atoms with Gasteiger partial charge in [-0.25, -0.2) is 0 Å². The van der Waals surface area contributed by atoms with Gasteiger partial charge in [-0.2, -0.15) is 0 Å². The lowest BCUT2D eigenvalue weighted by Gasteiger charge is -2.45. The smallest absolute Gasteiger partial charge is 0.225 e. The predicted molar refractivity (Wildman–Crippen MR) is 119 cm³/mol. The van der Waals surface area contributed by atoms with Gasteiger partial charge in [0.15, 0.2) is 0 Å². The minimum atomic E-state index is -0.531. The molecule has 0 aliphatic carbocycles. The van der Waals surface area contributed by atoms with E-state index in [-0.39, 0.29) is 24.2 Å². The Hall–Kier alpha value is -1.22. The van der Waals surface area contributed by atoms with E-state index in [1.165, 1.54) is 0 Å². The lowest BCUT2D eigenvalue weighted by molar-refractivity contribution is -0.161. The largest absolute Gasteiger partial charge is 0.389 e. The van der Waals surface area contributed by atoms with Gasteiger partial charge in [0.05, 0.1) is 37.9 Å². The first kappa shape index (κ1) is 23.0. The van der Waals surface area contributed by atoms with Crippen LogP contribution >= 0.6 is 11.6 Å². The average molecular weight is 452 g/mol. The molecule has 3 heterocycles. The van der Waals surface area contributed by atoms with Crippen LogP contribution in [0, 0.1) is 0 Å². The lowest BCUT2D eigenvalue weighted by Crippen LogP contribution is -2.55. The van der Waals surface area contributed by atoms with Crippen molar-refractivity contribution in [1.29, 1.82) is 0 Å². The van der Waals surface area contributed by atoms with Crippen LogP contribution in [0.4, 0.5) is 0 Å². The Balaban J connectivity index is 1.38. The van der Waals surface area contributed by atoms with E-state index in [1.54, 1.807) is 0 Å². The first-order chi connectivity index (χ1) is 15.0. The minimum Gasteiger partial charge on any atom is -0.389 e. The number of likely N-dealkylation sites (N-methyl/N-ethyl adjacent to an activating group) is 1. The van der Waals surface area contributed by atoms with Gasteiger partial charge in [0, 0.05) is 50.3 Å². The van der Waals surface area contributed by atoms with E-state index in [2.05, 4.69) is 22.9 Å². The zero-order valence-electron chi connectivity index (χ0n) is 18.3. The van der Waals surface area contributed by atoms with Crippen molar-refractivity contribution in [1.82, 2.24) is 14.7 Å². The minimum absolute atomic E-state index is 0.0747. The monoisotopic (exact) mass is 451 g/mol. The molecule has 3 saturated heterocycles. The van der Waals surface area contributed by atoms with E-state index >= 15 is 0 Å². The fraction of sp³-hybridized carbons (Fsp3) is 0.696. The fourth-order valence-corrected chi connectivity index (χ4v) is 5.09. The number of nitrogens with zero attached hydrogens (tertiary/aromatic N) is 3. The van der Waals surface area contributed by atoms with Gasteiger partial charge >= 0.3 is 0 Å². The number of carbonyl (C=O) groups excluding carboxylic acids is 1. The number of halogens is 1. The zero-order chi connectivity index (χ0) is 21.8. The fourth-order valence-electron chi connectivity index (χ4n) is 4.88. The van der Waals surface area contributed by atoms with E-state index in [1.807, 2.05) is 23.1 Å². The molecule has 1 aromatic rings. The van der Waals surface area contributed by atoms with Crippen molar-refractivity contribution >= 4 is 17.5 Å². The molecule has 7 nitrogen and oxygen atoms in total. The number of ether oxygens (including phenoxy) is 2. The molecule has 4 rings (SSSR count). The summed E-state index contributed by atoms with van der Waals surface area (Å²) in [4.78, 5) is 19.3. The molecule has 0 radical (unpaired) electrons. The number of carbonyl (C=O) groups is 1. The summed E-state index contributed by atoms with van der Waals surface area (Å²) in [6.07, 6.45) is 1.48. The second-order valence-electron chi connectivity index (χ2n) is 9.08. The predicted octanol–water partition coefficient (Wildman–Crippen LogP) is 1.61. The summed E-state index contributed by atoms with van der Waals surface area (Å²) < 4.78 is 12.1. The van der Waals surface area contributed by atoms with Crippen molar-refractivity contribution in [2.75, 3.05) is 53.0 Å². The van der Waals surface area contributed by atoms with Crippen molar-refractivity contribution in [3.8, 4) is 0 Å². The third-order valence-electron chi connectivity index (χ3n) is 6.62. The molecule has 3 fully saturated rings. The first-order valence-corrected chi connectivity index (χ1v) is 11.7. The van der Waals surface area contributed by atoms with Gasteiger partial charge in [-0.1, -0.05) is 23.7 Å². The average Bonchev–Trinajstić information content (AvgIpc) is 2.73. The highest BCUT2D eigenvalue weighted by atomic mass is 35.5. The third kappa shape index (κ3) is 6.18. The van der Waals surface area contributed by atoms with Crippen LogP contribution in [0.2, 0.25) is 5.02 Å². The lowest BCUT2D eigenvalue weighted by atomic mass is 9.94. The number of benzene rings is 1. The van der Waals surface area contributed by atoms with Crippen LogP contribution in [0.1, 0.15) is 24.8 Å². The number of hydrogen-bond acceptors (Lipinski definition) is 6. The molecule has 0 spiro atoms. The second-order valence-corrected chi connectivity index (χ2v) is 9.52. The van der Waals surface area contributed by atoms with E-state index in [0.717, 1.165) is 44.6 Å². The first-order valence-electron chi connectivity index (χ1n) is 11.3. The van der Waals surface area contributed by atoms with Crippen LogP contribution < -0.4 is 0 Å². The molecule has 1 aromatic carbocycles. The zero-order valence-corrected chi connectivity index (χ0v) is 19.0. The second kappa shape index (κ2) is 10.6. The molecular formula is C23H34ClN3O4. The van der Waals surface area contributed by atoms with Gasteiger partial charge in [0.1, 0.15) is 0 Å². The van der Waals surface area contributed by atoms with Gasteiger partial charge in [-0.15, -0.1) is 0 Å². The molecule has 0 unspecified atom stereocenters. The van der Waals surface area contributed by atoms with Crippen molar-refractivity contribution in [2.45, 2.75) is 50.2 Å². The van der Waals surface area contributed by atoms with Gasteiger partial charge in [0.2, 0.25) is 5.91 Å². The molecule has 3 aliphatic rings. The Morgan fingerprint density at radius 3 is 2.77 bits per heavy atom. The summed E-state index contributed by atoms with van der Waals surface area (Å²) in [5, 5.41) is 11.1. The maximum atomic E-state index is 12.8. The summed E-state index contributed by atoms with van der Waals surface area (Å²) in [5.74, 6) is 0.189. The molecular weight excluding hydrogens is 418 g/mol. The van der Waals surface area contributed by atoms with E-state index < -0.39 is 6.10 Å². The molecule has 0 saturated carbocycles. The highest BCUT2D eigenvalue weighted by Gasteiger charge is 2.38. The van der Waals surface area contributed by atoms with E-state index in [9.17, 15) is 9.90 Å². The number of β-amino-alcohol motifs (C(OH)–C–C–N with tert-alkyl or cyclic N) is 1. The molecule has 4 atom stereocenters. The number of fused-ring (bicyclic) bond motifs is 1. The van der Waals surface area contributed by atoms with Crippen molar-refractivity contribution in [3.05, 3.63) is 34.9 Å². The number of hydrogen-bond donors (Lipinski definition) is 1. The SMILES string of the molecule is CN1CCN(C(=O)C[C@H]2CC[C@@H]3[C@H](COC[C@@H](O)CN3Cc3cccc(Cl)c3)O2)CC1. The summed E-state index contributed by atoms with van der Waals surface area (Å²) in [5.41, 5.74) is 1.12. The number of piperazine rings is 1. The number of aliphatic hydroxyl groups is 1. The van der Waals surface area contributed by atoms with E-state index in [0.29, 0.717) is 37.7 Å². The third-order valence-corrected chi connectivity index (χ3v) is 6.86. The maximum absolute atomic E-state index is 12.8. The normalized spacial score (nSPS) is 31.0. The Morgan fingerprint density at radius 1 is 1.19 bits per heavy atom. The van der Waals surface area contributed by atoms with Gasteiger partial charge in [0.25, 0.3) is 0 Å². The Kier molecular flexibility index (Phi) is 7.85. The van der Waals surface area contributed by atoms with Crippen LogP contribution in [0.5, 0.6) is 0 Å². The Labute approximate surface area is 189 Å². The topological polar surface area (TPSA) is 65.5 Å². The molecule has 0 aromatic heterocycles. The molecule has 8 heteroatoms. The Bertz CT molecular complexity index is 743. The highest BCUT2D eigenvalue weighted by Crippen LogP contribution is 2.29. The summed E-state index contributed by atoms with van der Waals surface area (Å²) >= 11 is 6.18. The molecule has 172 valence electrons. The van der Waals surface area contributed by atoms with Crippen LogP contribution in [0.25, 0.3) is 0 Å². The molecule has 31 heavy (non-hydrogen) atoms. The summed E-state index contributed by atoms with van der Waals surface area (Å²) in [6, 6.07) is 8.00. The van der Waals surface area contributed by atoms with Gasteiger partial charge in [-0.05, 0) is 37.6 Å². The highest BCUT2D eigenvalue weighted by molar-refractivity contribution is 6.30. The van der Waals surface area contributed by atoms with E-state index in [4.69, 9.17) is 21.1 Å². The molecule has 3 aliphatic heterocycles. The standard InChI is InChI=1S/C23H34ClN3O4/c1-25-7-9-26(10-8-25)23(29)12-20-5-6-21-22(31-20)16-30-15-19(28)14-27(21)13-17-3-2-4-18(24)11-17/h2-4,11,19-22,28H,5-10,12-16H2,1H3/t19-,20+,21+,22-/m0/s1. The van der Waals surface area contributed by atoms with Crippen LogP contribution in [0.3, 0.4) is 0 Å². The van der Waals surface area contributed by atoms with Crippen LogP contribution in [-0.2, 0) is 20.8 Å². The molecule has 0 bridgehead atoms. The van der Waals surface area contributed by atoms with Gasteiger partial charge < -0.3 is 24.4 Å². The maximum Gasteiger partial charge on any atom is 0.225 e. The number of amides is 1.